The fourth-order valence-corrected chi connectivity index (χ4v) is 3.28. The Morgan fingerprint density at radius 1 is 1.47 bits per heavy atom. The van der Waals surface area contributed by atoms with Gasteiger partial charge in [0.15, 0.2) is 0 Å². The maximum absolute atomic E-state index is 11.9. The molecule has 1 aliphatic heterocycles. The highest BCUT2D eigenvalue weighted by Crippen LogP contribution is 2.25. The average Bonchev–Trinajstić information content (AvgIpc) is 2.65. The van der Waals surface area contributed by atoms with Gasteiger partial charge in [0.05, 0.1) is 3.79 Å². The monoisotopic (exact) mass is 288 g/mol. The SMILES string of the molecule is O=C(Cc1ccc(Br)s1)C1CCOCC1. The first-order valence-corrected chi connectivity index (χ1v) is 6.71. The summed E-state index contributed by atoms with van der Waals surface area (Å²) in [6.07, 6.45) is 2.37. The predicted molar refractivity (Wildman–Crippen MR) is 64.3 cm³/mol. The molecule has 2 nitrogen and oxygen atoms in total. The molecule has 1 aromatic rings. The van der Waals surface area contributed by atoms with Gasteiger partial charge in [-0.2, -0.15) is 0 Å². The van der Waals surface area contributed by atoms with Crippen molar-refractivity contribution in [3.05, 3.63) is 20.8 Å². The molecule has 82 valence electrons. The quantitative estimate of drug-likeness (QED) is 0.855. The third-order valence-corrected chi connectivity index (χ3v) is 4.28. The Kier molecular flexibility index (Phi) is 3.94. The van der Waals surface area contributed by atoms with E-state index in [9.17, 15) is 4.79 Å². The van der Waals surface area contributed by atoms with E-state index in [1.165, 1.54) is 0 Å². The van der Waals surface area contributed by atoms with Gasteiger partial charge >= 0.3 is 0 Å². The smallest absolute Gasteiger partial charge is 0.141 e. The highest BCUT2D eigenvalue weighted by atomic mass is 79.9. The number of halogens is 1. The number of Topliss-reactive ketones (excluding diaryl/α,β-unsaturated/α-hetero) is 1. The molecule has 0 unspecified atom stereocenters. The van der Waals surface area contributed by atoms with E-state index < -0.39 is 0 Å². The normalized spacial score (nSPS) is 17.9. The van der Waals surface area contributed by atoms with E-state index in [1.54, 1.807) is 11.3 Å². The largest absolute Gasteiger partial charge is 0.381 e. The van der Waals surface area contributed by atoms with Crippen LogP contribution in [0.5, 0.6) is 0 Å². The van der Waals surface area contributed by atoms with Crippen LogP contribution in [0, 0.1) is 5.92 Å². The van der Waals surface area contributed by atoms with Crippen molar-refractivity contribution in [1.82, 2.24) is 0 Å². The van der Waals surface area contributed by atoms with Crippen LogP contribution >= 0.6 is 27.3 Å². The van der Waals surface area contributed by atoms with Gasteiger partial charge in [-0.3, -0.25) is 4.79 Å². The lowest BCUT2D eigenvalue weighted by Crippen LogP contribution is -2.24. The molecule has 1 fully saturated rings. The molecule has 0 bridgehead atoms. The van der Waals surface area contributed by atoms with Crippen molar-refractivity contribution >= 4 is 33.0 Å². The summed E-state index contributed by atoms with van der Waals surface area (Å²) >= 11 is 5.05. The molecule has 0 saturated carbocycles. The van der Waals surface area contributed by atoms with Gasteiger partial charge in [0.25, 0.3) is 0 Å². The van der Waals surface area contributed by atoms with Crippen LogP contribution in [0.2, 0.25) is 0 Å². The third kappa shape index (κ3) is 3.13. The van der Waals surface area contributed by atoms with Crippen LogP contribution in [0.3, 0.4) is 0 Å². The Morgan fingerprint density at radius 2 is 2.20 bits per heavy atom. The Hall–Kier alpha value is -0.190. The molecule has 1 aromatic heterocycles. The molecule has 0 spiro atoms. The topological polar surface area (TPSA) is 26.3 Å². The second-order valence-electron chi connectivity index (χ2n) is 3.74. The van der Waals surface area contributed by atoms with Crippen molar-refractivity contribution in [2.75, 3.05) is 13.2 Å². The van der Waals surface area contributed by atoms with E-state index in [2.05, 4.69) is 15.9 Å². The van der Waals surface area contributed by atoms with Gasteiger partial charge in [-0.1, -0.05) is 0 Å². The zero-order valence-corrected chi connectivity index (χ0v) is 10.8. The van der Waals surface area contributed by atoms with E-state index in [0.29, 0.717) is 12.2 Å². The summed E-state index contributed by atoms with van der Waals surface area (Å²) in [5, 5.41) is 0. The minimum absolute atomic E-state index is 0.222. The number of thiophene rings is 1. The van der Waals surface area contributed by atoms with Crippen LogP contribution in [-0.2, 0) is 16.0 Å². The Balaban J connectivity index is 1.91. The molecular weight excluding hydrogens is 276 g/mol. The fourth-order valence-electron chi connectivity index (χ4n) is 1.78. The maximum atomic E-state index is 11.9. The third-order valence-electron chi connectivity index (χ3n) is 2.65. The number of hydrogen-bond acceptors (Lipinski definition) is 3. The minimum atomic E-state index is 0.222. The van der Waals surface area contributed by atoms with Crippen LogP contribution in [0.4, 0.5) is 0 Å². The molecular formula is C11H13BrO2S. The molecule has 2 heterocycles. The fraction of sp³-hybridized carbons (Fsp3) is 0.545. The first kappa shape index (κ1) is 11.3. The van der Waals surface area contributed by atoms with Crippen LogP contribution in [0.1, 0.15) is 17.7 Å². The number of carbonyl (C=O) groups excluding carboxylic acids is 1. The molecule has 0 radical (unpaired) electrons. The van der Waals surface area contributed by atoms with Crippen LogP contribution in [0.25, 0.3) is 0 Å². The van der Waals surface area contributed by atoms with Crippen molar-refractivity contribution in [3.63, 3.8) is 0 Å². The van der Waals surface area contributed by atoms with Gasteiger partial charge in [-0.15, -0.1) is 11.3 Å². The summed E-state index contributed by atoms with van der Waals surface area (Å²) in [5.41, 5.74) is 0. The summed E-state index contributed by atoms with van der Waals surface area (Å²) in [6.45, 7) is 1.48. The number of ether oxygens (including phenoxy) is 1. The second kappa shape index (κ2) is 5.23. The van der Waals surface area contributed by atoms with Crippen molar-refractivity contribution in [2.45, 2.75) is 19.3 Å². The highest BCUT2D eigenvalue weighted by molar-refractivity contribution is 9.11. The lowest BCUT2D eigenvalue weighted by molar-refractivity contribution is -0.124. The number of ketones is 1. The molecule has 0 atom stereocenters. The van der Waals surface area contributed by atoms with Gasteiger partial charge < -0.3 is 4.74 Å². The molecule has 4 heteroatoms. The van der Waals surface area contributed by atoms with E-state index in [0.717, 1.165) is 34.7 Å². The predicted octanol–water partition coefficient (Wildman–Crippen LogP) is 3.05. The van der Waals surface area contributed by atoms with Crippen LogP contribution in [0.15, 0.2) is 15.9 Å². The molecule has 2 rings (SSSR count). The number of rotatable bonds is 3. The first-order chi connectivity index (χ1) is 7.25. The van der Waals surface area contributed by atoms with Gasteiger partial charge in [-0.05, 0) is 40.9 Å². The maximum Gasteiger partial charge on any atom is 0.141 e. The van der Waals surface area contributed by atoms with Crippen molar-refractivity contribution in [2.24, 2.45) is 5.92 Å². The molecule has 0 N–H and O–H groups in total. The van der Waals surface area contributed by atoms with Gasteiger partial charge in [-0.25, -0.2) is 0 Å². The highest BCUT2D eigenvalue weighted by Gasteiger charge is 2.21. The zero-order chi connectivity index (χ0) is 10.7. The van der Waals surface area contributed by atoms with E-state index >= 15 is 0 Å². The Morgan fingerprint density at radius 3 is 2.80 bits per heavy atom. The van der Waals surface area contributed by atoms with Crippen LogP contribution in [-0.4, -0.2) is 19.0 Å². The van der Waals surface area contributed by atoms with Gasteiger partial charge in [0.1, 0.15) is 5.78 Å². The second-order valence-corrected chi connectivity index (χ2v) is 6.28. The van der Waals surface area contributed by atoms with Gasteiger partial charge in [0, 0.05) is 30.4 Å². The molecule has 0 amide bonds. The van der Waals surface area contributed by atoms with Gasteiger partial charge in [0.2, 0.25) is 0 Å². The van der Waals surface area contributed by atoms with Crippen molar-refractivity contribution in [1.29, 1.82) is 0 Å². The van der Waals surface area contributed by atoms with E-state index in [4.69, 9.17) is 4.74 Å². The lowest BCUT2D eigenvalue weighted by Gasteiger charge is -2.20. The number of carbonyl (C=O) groups is 1. The van der Waals surface area contributed by atoms with Crippen molar-refractivity contribution < 1.29 is 9.53 Å². The van der Waals surface area contributed by atoms with Crippen LogP contribution < -0.4 is 0 Å². The van der Waals surface area contributed by atoms with E-state index in [1.807, 2.05) is 12.1 Å². The first-order valence-electron chi connectivity index (χ1n) is 5.10. The Labute approximate surface area is 102 Å². The van der Waals surface area contributed by atoms with E-state index in [-0.39, 0.29) is 5.92 Å². The molecule has 1 saturated heterocycles. The summed E-state index contributed by atoms with van der Waals surface area (Å²) in [7, 11) is 0. The molecule has 0 aliphatic carbocycles. The summed E-state index contributed by atoms with van der Waals surface area (Å²) in [6, 6.07) is 4.02. The standard InChI is InChI=1S/C11H13BrO2S/c12-11-2-1-9(15-11)7-10(13)8-3-5-14-6-4-8/h1-2,8H,3-7H2. The minimum Gasteiger partial charge on any atom is -0.381 e. The lowest BCUT2D eigenvalue weighted by atomic mass is 9.93. The average molecular weight is 289 g/mol. The summed E-state index contributed by atoms with van der Waals surface area (Å²) in [4.78, 5) is 13.1. The number of hydrogen-bond donors (Lipinski definition) is 0. The Bertz CT molecular complexity index is 342. The summed E-state index contributed by atoms with van der Waals surface area (Å²) in [5.74, 6) is 0.590. The summed E-state index contributed by atoms with van der Waals surface area (Å²) < 4.78 is 6.34. The van der Waals surface area contributed by atoms with Crippen molar-refractivity contribution in [3.8, 4) is 0 Å². The zero-order valence-electron chi connectivity index (χ0n) is 8.37. The molecule has 0 aromatic carbocycles. The molecule has 15 heavy (non-hydrogen) atoms. The molecule has 1 aliphatic rings.